The minimum absolute atomic E-state index is 0.406. The number of nitrogens with one attached hydrogen (secondary N) is 1. The molecule has 1 unspecified atom stereocenters. The number of benzene rings is 3. The molecule has 28 heavy (non-hydrogen) atoms. The van der Waals surface area contributed by atoms with E-state index in [0.29, 0.717) is 12.6 Å². The second-order valence-electron chi connectivity index (χ2n) is 7.27. The van der Waals surface area contributed by atoms with Gasteiger partial charge in [-0.1, -0.05) is 66.2 Å². The summed E-state index contributed by atoms with van der Waals surface area (Å²) in [5.74, 6) is 0.885. The molecule has 0 spiro atoms. The Morgan fingerprint density at radius 2 is 1.68 bits per heavy atom. The predicted molar refractivity (Wildman–Crippen MR) is 118 cm³/mol. The molecule has 1 atom stereocenters. The standard InChI is InChI=1S/C25H28ClNO/c1-19-8-6-7-11-22(19)18-28-25-15-14-24(26)16-23(25)17-27-20(2)12-13-21-9-4-3-5-10-21/h3-11,14-16,20,27H,12-13,17-18H2,1-2H3. The summed E-state index contributed by atoms with van der Waals surface area (Å²) in [5, 5.41) is 4.34. The fourth-order valence-electron chi connectivity index (χ4n) is 3.17. The highest BCUT2D eigenvalue weighted by Crippen LogP contribution is 2.24. The molecule has 0 saturated heterocycles. The van der Waals surface area contributed by atoms with Crippen LogP contribution in [0.3, 0.4) is 0 Å². The van der Waals surface area contributed by atoms with Crippen LogP contribution in [0.1, 0.15) is 35.6 Å². The third-order valence-electron chi connectivity index (χ3n) is 5.02. The van der Waals surface area contributed by atoms with Gasteiger partial charge in [-0.3, -0.25) is 0 Å². The first kappa shape index (κ1) is 20.4. The molecule has 0 radical (unpaired) electrons. The Balaban J connectivity index is 1.57. The van der Waals surface area contributed by atoms with Gasteiger partial charge in [0.05, 0.1) is 0 Å². The zero-order chi connectivity index (χ0) is 19.8. The summed E-state index contributed by atoms with van der Waals surface area (Å²) in [6.45, 7) is 5.63. The lowest BCUT2D eigenvalue weighted by molar-refractivity contribution is 0.300. The van der Waals surface area contributed by atoms with E-state index in [-0.39, 0.29) is 0 Å². The van der Waals surface area contributed by atoms with Crippen LogP contribution < -0.4 is 10.1 Å². The molecule has 0 bridgehead atoms. The van der Waals surface area contributed by atoms with Gasteiger partial charge in [0.1, 0.15) is 12.4 Å². The molecule has 0 aromatic heterocycles. The van der Waals surface area contributed by atoms with Crippen molar-refractivity contribution in [3.63, 3.8) is 0 Å². The van der Waals surface area contributed by atoms with Crippen LogP contribution in [0.4, 0.5) is 0 Å². The summed E-state index contributed by atoms with van der Waals surface area (Å²) in [4.78, 5) is 0. The normalized spacial score (nSPS) is 12.0. The molecule has 0 amide bonds. The zero-order valence-corrected chi connectivity index (χ0v) is 17.4. The van der Waals surface area contributed by atoms with Gasteiger partial charge in [0, 0.05) is 23.2 Å². The van der Waals surface area contributed by atoms with Gasteiger partial charge in [-0.25, -0.2) is 0 Å². The molecular formula is C25H28ClNO. The molecule has 3 heteroatoms. The highest BCUT2D eigenvalue weighted by atomic mass is 35.5. The van der Waals surface area contributed by atoms with Crippen molar-refractivity contribution < 1.29 is 4.74 Å². The zero-order valence-electron chi connectivity index (χ0n) is 16.6. The van der Waals surface area contributed by atoms with Crippen molar-refractivity contribution in [2.45, 2.75) is 45.9 Å². The minimum Gasteiger partial charge on any atom is -0.489 e. The second kappa shape index (κ2) is 10.3. The van der Waals surface area contributed by atoms with Crippen molar-refractivity contribution in [3.05, 3.63) is 100 Å². The van der Waals surface area contributed by atoms with Crippen molar-refractivity contribution in [1.29, 1.82) is 0 Å². The van der Waals surface area contributed by atoms with Gasteiger partial charge in [0.25, 0.3) is 0 Å². The Morgan fingerprint density at radius 1 is 0.929 bits per heavy atom. The van der Waals surface area contributed by atoms with E-state index in [2.05, 4.69) is 61.6 Å². The van der Waals surface area contributed by atoms with Gasteiger partial charge in [0.2, 0.25) is 0 Å². The number of rotatable bonds is 9. The lowest BCUT2D eigenvalue weighted by Crippen LogP contribution is -2.26. The summed E-state index contributed by atoms with van der Waals surface area (Å²) in [6, 6.07) is 25.2. The molecule has 0 aliphatic rings. The van der Waals surface area contributed by atoms with Gasteiger partial charge in [-0.05, 0) is 61.6 Å². The summed E-state index contributed by atoms with van der Waals surface area (Å²) in [7, 11) is 0. The number of hydrogen-bond acceptors (Lipinski definition) is 2. The summed E-state index contributed by atoms with van der Waals surface area (Å²) < 4.78 is 6.12. The van der Waals surface area contributed by atoms with Gasteiger partial charge in [-0.15, -0.1) is 0 Å². The average molecular weight is 394 g/mol. The Kier molecular flexibility index (Phi) is 7.53. The van der Waals surface area contributed by atoms with Crippen LogP contribution in [0, 0.1) is 6.92 Å². The molecule has 2 nitrogen and oxygen atoms in total. The lowest BCUT2D eigenvalue weighted by Gasteiger charge is -2.17. The fourth-order valence-corrected chi connectivity index (χ4v) is 3.36. The number of aryl methyl sites for hydroxylation is 2. The maximum absolute atomic E-state index is 6.23. The number of hydrogen-bond donors (Lipinski definition) is 1. The highest BCUT2D eigenvalue weighted by Gasteiger charge is 2.09. The monoisotopic (exact) mass is 393 g/mol. The molecule has 0 aliphatic heterocycles. The van der Waals surface area contributed by atoms with Crippen molar-refractivity contribution in [1.82, 2.24) is 5.32 Å². The topological polar surface area (TPSA) is 21.3 Å². The fraction of sp³-hybridized carbons (Fsp3) is 0.280. The van der Waals surface area contributed by atoms with Gasteiger partial charge in [0.15, 0.2) is 0 Å². The quantitative estimate of drug-likeness (QED) is 0.458. The first-order valence-corrected chi connectivity index (χ1v) is 10.2. The van der Waals surface area contributed by atoms with Crippen LogP contribution in [-0.2, 0) is 19.6 Å². The van der Waals surface area contributed by atoms with Crippen LogP contribution >= 0.6 is 11.6 Å². The summed E-state index contributed by atoms with van der Waals surface area (Å²) >= 11 is 6.23. The van der Waals surface area contributed by atoms with Crippen LogP contribution in [-0.4, -0.2) is 6.04 Å². The van der Waals surface area contributed by atoms with Crippen molar-refractivity contribution in [2.24, 2.45) is 0 Å². The molecule has 3 aromatic rings. The maximum Gasteiger partial charge on any atom is 0.124 e. The lowest BCUT2D eigenvalue weighted by atomic mass is 10.1. The predicted octanol–water partition coefficient (Wildman–Crippen LogP) is 6.34. The molecule has 0 saturated carbocycles. The largest absolute Gasteiger partial charge is 0.489 e. The first-order valence-electron chi connectivity index (χ1n) is 9.85. The molecule has 3 aromatic carbocycles. The van der Waals surface area contributed by atoms with Gasteiger partial charge >= 0.3 is 0 Å². The Hall–Kier alpha value is -2.29. The van der Waals surface area contributed by atoms with Crippen LogP contribution in [0.25, 0.3) is 0 Å². The van der Waals surface area contributed by atoms with Crippen molar-refractivity contribution in [3.8, 4) is 5.75 Å². The maximum atomic E-state index is 6.23. The highest BCUT2D eigenvalue weighted by molar-refractivity contribution is 6.30. The van der Waals surface area contributed by atoms with E-state index in [4.69, 9.17) is 16.3 Å². The second-order valence-corrected chi connectivity index (χ2v) is 7.71. The Bertz CT molecular complexity index is 879. The van der Waals surface area contributed by atoms with Crippen LogP contribution in [0.2, 0.25) is 5.02 Å². The third-order valence-corrected chi connectivity index (χ3v) is 5.25. The smallest absolute Gasteiger partial charge is 0.124 e. The van der Waals surface area contributed by atoms with Crippen molar-refractivity contribution >= 4 is 11.6 Å². The molecule has 0 heterocycles. The van der Waals surface area contributed by atoms with Gasteiger partial charge in [-0.2, -0.15) is 0 Å². The van der Waals surface area contributed by atoms with E-state index < -0.39 is 0 Å². The summed E-state index contributed by atoms with van der Waals surface area (Å²) in [5.41, 5.74) is 4.91. The summed E-state index contributed by atoms with van der Waals surface area (Å²) in [6.07, 6.45) is 2.16. The van der Waals surface area contributed by atoms with E-state index in [9.17, 15) is 0 Å². The molecule has 0 fully saturated rings. The molecule has 146 valence electrons. The van der Waals surface area contributed by atoms with E-state index in [1.54, 1.807) is 0 Å². The molecule has 1 N–H and O–H groups in total. The number of halogens is 1. The molecule has 0 aliphatic carbocycles. The SMILES string of the molecule is Cc1ccccc1COc1ccc(Cl)cc1CNC(C)CCc1ccccc1. The van der Waals surface area contributed by atoms with Crippen LogP contribution in [0.5, 0.6) is 5.75 Å². The van der Waals surface area contributed by atoms with E-state index in [1.807, 2.05) is 30.3 Å². The van der Waals surface area contributed by atoms with Gasteiger partial charge < -0.3 is 10.1 Å². The van der Waals surface area contributed by atoms with Crippen LogP contribution in [0.15, 0.2) is 72.8 Å². The van der Waals surface area contributed by atoms with E-state index in [0.717, 1.165) is 35.7 Å². The molecular weight excluding hydrogens is 366 g/mol. The third kappa shape index (κ3) is 6.12. The Labute approximate surface area is 173 Å². The Morgan fingerprint density at radius 3 is 2.46 bits per heavy atom. The molecule has 3 rings (SSSR count). The van der Waals surface area contributed by atoms with Crippen molar-refractivity contribution in [2.75, 3.05) is 0 Å². The van der Waals surface area contributed by atoms with E-state index in [1.165, 1.54) is 16.7 Å². The number of ether oxygens (including phenoxy) is 1. The minimum atomic E-state index is 0.406. The average Bonchev–Trinajstić information content (AvgIpc) is 2.72. The first-order chi connectivity index (χ1) is 13.6. The van der Waals surface area contributed by atoms with E-state index >= 15 is 0 Å².